The third kappa shape index (κ3) is 5.20. The molecule has 0 aromatic carbocycles. The smallest absolute Gasteiger partial charge is 0.306 e. The van der Waals surface area contributed by atoms with Gasteiger partial charge in [-0.15, -0.1) is 0 Å². The predicted octanol–water partition coefficient (Wildman–Crippen LogP) is 1.33. The quantitative estimate of drug-likeness (QED) is 0.269. The Kier molecular flexibility index (Phi) is 5.07. The summed E-state index contributed by atoms with van der Waals surface area (Å²) in [5.74, 6) is -0.252. The van der Waals surface area contributed by atoms with Crippen LogP contribution in [0.15, 0.2) is 25.3 Å². The molecule has 0 unspecified atom stereocenters. The zero-order valence-electron chi connectivity index (χ0n) is 8.45. The minimum Gasteiger partial charge on any atom is -0.415 e. The van der Waals surface area contributed by atoms with E-state index in [0.717, 1.165) is 13.1 Å². The second kappa shape index (κ2) is 5.54. The standard InChI is InChI=1S/C10H18NO2/c1-5-7-11(4,8-6-2)9-13-10(3)12/h5-6H,1-2,7-9H2,3-4H3/q+1. The summed E-state index contributed by atoms with van der Waals surface area (Å²) < 4.78 is 5.55. The van der Waals surface area contributed by atoms with Gasteiger partial charge in [0.2, 0.25) is 6.73 Å². The van der Waals surface area contributed by atoms with Gasteiger partial charge < -0.3 is 4.74 Å². The molecule has 3 nitrogen and oxygen atoms in total. The summed E-state index contributed by atoms with van der Waals surface area (Å²) in [7, 11) is 1.99. The highest BCUT2D eigenvalue weighted by atomic mass is 16.5. The first-order valence-electron chi connectivity index (χ1n) is 4.23. The van der Waals surface area contributed by atoms with Crippen molar-refractivity contribution >= 4 is 5.97 Å². The largest absolute Gasteiger partial charge is 0.415 e. The van der Waals surface area contributed by atoms with Gasteiger partial charge >= 0.3 is 5.97 Å². The maximum Gasteiger partial charge on any atom is 0.306 e. The number of carbonyl (C=O) groups excluding carboxylic acids is 1. The van der Waals surface area contributed by atoms with Gasteiger partial charge in [-0.05, 0) is 12.2 Å². The molecule has 0 atom stereocenters. The van der Waals surface area contributed by atoms with Crippen molar-refractivity contribution in [1.82, 2.24) is 0 Å². The Hall–Kier alpha value is -1.09. The van der Waals surface area contributed by atoms with Crippen LogP contribution in [0.2, 0.25) is 0 Å². The fourth-order valence-corrected chi connectivity index (χ4v) is 1.05. The van der Waals surface area contributed by atoms with Crippen LogP contribution in [0.4, 0.5) is 0 Å². The number of ether oxygens (including phenoxy) is 1. The molecule has 0 bridgehead atoms. The number of hydrogen-bond acceptors (Lipinski definition) is 2. The highest BCUT2D eigenvalue weighted by Gasteiger charge is 2.18. The van der Waals surface area contributed by atoms with Crippen LogP contribution in [0.5, 0.6) is 0 Å². The molecule has 0 saturated carbocycles. The molecule has 0 aliphatic rings. The Morgan fingerprint density at radius 3 is 2.15 bits per heavy atom. The molecule has 0 aliphatic heterocycles. The van der Waals surface area contributed by atoms with E-state index in [1.807, 2.05) is 19.2 Å². The van der Waals surface area contributed by atoms with Gasteiger partial charge in [-0.1, -0.05) is 13.2 Å². The summed E-state index contributed by atoms with van der Waals surface area (Å²) in [6.07, 6.45) is 3.62. The van der Waals surface area contributed by atoms with Gasteiger partial charge in [0.15, 0.2) is 0 Å². The number of esters is 1. The highest BCUT2D eigenvalue weighted by Crippen LogP contribution is 2.03. The number of likely N-dealkylation sites (N-methyl/N-ethyl adjacent to an activating group) is 1. The highest BCUT2D eigenvalue weighted by molar-refractivity contribution is 5.65. The van der Waals surface area contributed by atoms with E-state index < -0.39 is 0 Å². The van der Waals surface area contributed by atoms with Gasteiger partial charge in [0.05, 0.1) is 20.1 Å². The van der Waals surface area contributed by atoms with Crippen molar-refractivity contribution in [3.8, 4) is 0 Å². The van der Waals surface area contributed by atoms with Gasteiger partial charge in [0.25, 0.3) is 0 Å². The summed E-state index contributed by atoms with van der Waals surface area (Å²) in [6.45, 7) is 10.6. The van der Waals surface area contributed by atoms with E-state index in [-0.39, 0.29) is 5.97 Å². The molecule has 0 aromatic rings. The average molecular weight is 184 g/mol. The Morgan fingerprint density at radius 2 is 1.85 bits per heavy atom. The van der Waals surface area contributed by atoms with Crippen molar-refractivity contribution in [3.05, 3.63) is 25.3 Å². The summed E-state index contributed by atoms with van der Waals surface area (Å²) >= 11 is 0. The molecule has 0 fully saturated rings. The van der Waals surface area contributed by atoms with E-state index in [0.29, 0.717) is 11.2 Å². The van der Waals surface area contributed by atoms with Gasteiger partial charge in [-0.3, -0.25) is 9.28 Å². The van der Waals surface area contributed by atoms with Gasteiger partial charge in [0, 0.05) is 6.92 Å². The fraction of sp³-hybridized carbons (Fsp3) is 0.500. The van der Waals surface area contributed by atoms with Crippen LogP contribution < -0.4 is 0 Å². The number of rotatable bonds is 6. The second-order valence-electron chi connectivity index (χ2n) is 3.33. The van der Waals surface area contributed by atoms with E-state index >= 15 is 0 Å². The van der Waals surface area contributed by atoms with Crippen LogP contribution in [0, 0.1) is 0 Å². The van der Waals surface area contributed by atoms with Gasteiger partial charge in [0.1, 0.15) is 0 Å². The van der Waals surface area contributed by atoms with Crippen molar-refractivity contribution in [2.75, 3.05) is 26.9 Å². The molecule has 0 amide bonds. The van der Waals surface area contributed by atoms with Crippen molar-refractivity contribution in [2.45, 2.75) is 6.92 Å². The van der Waals surface area contributed by atoms with Crippen molar-refractivity contribution in [3.63, 3.8) is 0 Å². The first-order valence-corrected chi connectivity index (χ1v) is 4.23. The van der Waals surface area contributed by atoms with Crippen LogP contribution >= 0.6 is 0 Å². The fourth-order valence-electron chi connectivity index (χ4n) is 1.05. The van der Waals surface area contributed by atoms with Crippen molar-refractivity contribution < 1.29 is 14.0 Å². The predicted molar refractivity (Wildman–Crippen MR) is 52.9 cm³/mol. The van der Waals surface area contributed by atoms with Crippen LogP contribution in [-0.4, -0.2) is 37.3 Å². The minimum atomic E-state index is -0.252. The third-order valence-electron chi connectivity index (χ3n) is 1.72. The zero-order chi connectivity index (χ0) is 10.3. The van der Waals surface area contributed by atoms with Gasteiger partial charge in [-0.2, -0.15) is 0 Å². The average Bonchev–Trinajstić information content (AvgIpc) is 2.02. The topological polar surface area (TPSA) is 26.3 Å². The first-order chi connectivity index (χ1) is 6.04. The zero-order valence-corrected chi connectivity index (χ0v) is 8.45. The van der Waals surface area contributed by atoms with E-state index in [1.165, 1.54) is 6.92 Å². The van der Waals surface area contributed by atoms with E-state index in [1.54, 1.807) is 0 Å². The minimum absolute atomic E-state index is 0.252. The van der Waals surface area contributed by atoms with Crippen molar-refractivity contribution in [1.29, 1.82) is 0 Å². The molecule has 0 radical (unpaired) electrons. The molecular formula is C10H18NO2+. The maximum absolute atomic E-state index is 10.6. The number of nitrogens with zero attached hydrogens (tertiary/aromatic N) is 1. The summed E-state index contributed by atoms with van der Waals surface area (Å²) in [5, 5.41) is 0. The number of carbonyl (C=O) groups is 1. The Morgan fingerprint density at radius 1 is 1.38 bits per heavy atom. The van der Waals surface area contributed by atoms with Crippen LogP contribution in [-0.2, 0) is 9.53 Å². The van der Waals surface area contributed by atoms with Gasteiger partial charge in [-0.25, -0.2) is 0 Å². The molecule has 0 heterocycles. The van der Waals surface area contributed by atoms with Crippen molar-refractivity contribution in [2.24, 2.45) is 0 Å². The van der Waals surface area contributed by atoms with Crippen LogP contribution in [0.1, 0.15) is 6.92 Å². The molecule has 0 N–H and O–H groups in total. The number of hydrogen-bond donors (Lipinski definition) is 0. The summed E-state index contributed by atoms with van der Waals surface area (Å²) in [5.41, 5.74) is 0. The molecule has 13 heavy (non-hydrogen) atoms. The van der Waals surface area contributed by atoms with E-state index in [4.69, 9.17) is 4.74 Å². The molecule has 3 heteroatoms. The SMILES string of the molecule is C=CC[N+](C)(CC=C)COC(C)=O. The molecular weight excluding hydrogens is 166 g/mol. The monoisotopic (exact) mass is 184 g/mol. The second-order valence-corrected chi connectivity index (χ2v) is 3.33. The molecule has 0 aromatic heterocycles. The van der Waals surface area contributed by atoms with Crippen LogP contribution in [0.25, 0.3) is 0 Å². The molecule has 0 rings (SSSR count). The normalized spacial score (nSPS) is 10.6. The summed E-state index contributed by atoms with van der Waals surface area (Å²) in [4.78, 5) is 10.6. The maximum atomic E-state index is 10.6. The summed E-state index contributed by atoms with van der Waals surface area (Å²) in [6, 6.07) is 0. The third-order valence-corrected chi connectivity index (χ3v) is 1.72. The van der Waals surface area contributed by atoms with Crippen LogP contribution in [0.3, 0.4) is 0 Å². The van der Waals surface area contributed by atoms with E-state index in [9.17, 15) is 4.79 Å². The lowest BCUT2D eigenvalue weighted by Crippen LogP contribution is -2.46. The Bertz CT molecular complexity index is 189. The lowest BCUT2D eigenvalue weighted by molar-refractivity contribution is -0.914. The lowest BCUT2D eigenvalue weighted by atomic mass is 10.4. The number of quaternary nitrogens is 1. The molecule has 74 valence electrons. The molecule has 0 spiro atoms. The molecule has 0 saturated heterocycles. The first kappa shape index (κ1) is 11.9. The Balaban J connectivity index is 4.12. The van der Waals surface area contributed by atoms with E-state index in [2.05, 4.69) is 13.2 Å². The Labute approximate surface area is 79.9 Å². The molecule has 0 aliphatic carbocycles. The lowest BCUT2D eigenvalue weighted by Gasteiger charge is -2.30.